The van der Waals surface area contributed by atoms with E-state index in [-0.39, 0.29) is 0 Å². The van der Waals surface area contributed by atoms with Crippen LogP contribution in [0.2, 0.25) is 0 Å². The van der Waals surface area contributed by atoms with Gasteiger partial charge in [-0.2, -0.15) is 0 Å². The van der Waals surface area contributed by atoms with E-state index in [9.17, 15) is 0 Å². The maximum atomic E-state index is 6.00. The van der Waals surface area contributed by atoms with Gasteiger partial charge in [-0.25, -0.2) is 0 Å². The number of hydrogen-bond acceptors (Lipinski definition) is 2. The van der Waals surface area contributed by atoms with Crippen molar-refractivity contribution in [3.63, 3.8) is 0 Å². The molecular weight excluding hydrogens is 220 g/mol. The first-order chi connectivity index (χ1) is 8.70. The zero-order chi connectivity index (χ0) is 13.0. The van der Waals surface area contributed by atoms with Gasteiger partial charge >= 0.3 is 0 Å². The summed E-state index contributed by atoms with van der Waals surface area (Å²) in [5, 5.41) is 0. The number of benzene rings is 1. The van der Waals surface area contributed by atoms with Gasteiger partial charge in [0.15, 0.2) is 0 Å². The van der Waals surface area contributed by atoms with Crippen molar-refractivity contribution in [1.29, 1.82) is 0 Å². The normalized spacial score (nSPS) is 25.2. The molecule has 0 aromatic heterocycles. The number of piperidine rings is 1. The summed E-state index contributed by atoms with van der Waals surface area (Å²) >= 11 is 0. The van der Waals surface area contributed by atoms with Crippen molar-refractivity contribution in [3.05, 3.63) is 29.8 Å². The van der Waals surface area contributed by atoms with E-state index in [1.54, 1.807) is 0 Å². The van der Waals surface area contributed by atoms with E-state index in [0.29, 0.717) is 0 Å². The highest BCUT2D eigenvalue weighted by atomic mass is 15.1. The predicted octanol–water partition coefficient (Wildman–Crippen LogP) is 3.32. The number of rotatable bonds is 4. The average molecular weight is 246 g/mol. The summed E-state index contributed by atoms with van der Waals surface area (Å²) in [7, 11) is 2.28. The van der Waals surface area contributed by atoms with Crippen LogP contribution in [0.5, 0.6) is 0 Å². The molecule has 100 valence electrons. The van der Waals surface area contributed by atoms with Gasteiger partial charge in [-0.1, -0.05) is 31.5 Å². The molecular formula is C16H26N2. The molecule has 1 saturated heterocycles. The maximum absolute atomic E-state index is 6.00. The Morgan fingerprint density at radius 2 is 2.06 bits per heavy atom. The lowest BCUT2D eigenvalue weighted by Gasteiger charge is -2.37. The number of para-hydroxylation sites is 1. The number of nitrogens with two attached hydrogens (primary N) is 1. The lowest BCUT2D eigenvalue weighted by Crippen LogP contribution is -2.40. The summed E-state index contributed by atoms with van der Waals surface area (Å²) in [5.41, 5.74) is 8.26. The van der Waals surface area contributed by atoms with Crippen molar-refractivity contribution in [3.8, 4) is 0 Å². The quantitative estimate of drug-likeness (QED) is 0.826. The van der Waals surface area contributed by atoms with Crippen LogP contribution < -0.4 is 5.73 Å². The van der Waals surface area contributed by atoms with E-state index in [1.807, 2.05) is 12.1 Å². The zero-order valence-electron chi connectivity index (χ0n) is 11.7. The third kappa shape index (κ3) is 3.26. The molecule has 2 heteroatoms. The molecule has 0 radical (unpaired) electrons. The highest BCUT2D eigenvalue weighted by Crippen LogP contribution is 2.26. The molecule has 2 rings (SSSR count). The highest BCUT2D eigenvalue weighted by Gasteiger charge is 2.24. The van der Waals surface area contributed by atoms with Crippen molar-refractivity contribution in [2.45, 2.75) is 45.1 Å². The van der Waals surface area contributed by atoms with Crippen molar-refractivity contribution in [2.75, 3.05) is 19.3 Å². The van der Waals surface area contributed by atoms with E-state index in [4.69, 9.17) is 5.73 Å². The first-order valence-electron chi connectivity index (χ1n) is 7.24. The molecule has 0 amide bonds. The molecule has 0 unspecified atom stereocenters. The summed E-state index contributed by atoms with van der Waals surface area (Å²) in [6, 6.07) is 9.01. The molecule has 1 aromatic carbocycles. The summed E-state index contributed by atoms with van der Waals surface area (Å²) in [5.74, 6) is 0.910. The van der Waals surface area contributed by atoms with Crippen molar-refractivity contribution in [1.82, 2.24) is 4.90 Å². The molecule has 1 aromatic rings. The van der Waals surface area contributed by atoms with Crippen LogP contribution in [0.3, 0.4) is 0 Å². The fourth-order valence-corrected chi connectivity index (χ4v) is 3.08. The zero-order valence-corrected chi connectivity index (χ0v) is 11.7. The minimum atomic E-state index is 0.743. The molecule has 2 atom stereocenters. The SMILES string of the molecule is CC[C@H]1CC[C@H](CCc2ccccc2N)N(C)C1. The Morgan fingerprint density at radius 3 is 2.72 bits per heavy atom. The van der Waals surface area contributed by atoms with Gasteiger partial charge in [-0.3, -0.25) is 0 Å². The second-order valence-corrected chi connectivity index (χ2v) is 5.68. The van der Waals surface area contributed by atoms with Gasteiger partial charge in [0.25, 0.3) is 0 Å². The monoisotopic (exact) mass is 246 g/mol. The van der Waals surface area contributed by atoms with Crippen LogP contribution in [0.15, 0.2) is 24.3 Å². The van der Waals surface area contributed by atoms with Crippen molar-refractivity contribution < 1.29 is 0 Å². The standard InChI is InChI=1S/C16H26N2/c1-3-13-8-10-15(18(2)12-13)11-9-14-6-4-5-7-16(14)17/h4-7,13,15H,3,8-12,17H2,1-2H3/t13-,15+/m0/s1. The van der Waals surface area contributed by atoms with Gasteiger partial charge in [-0.05, 0) is 50.3 Å². The lowest BCUT2D eigenvalue weighted by atomic mass is 9.88. The number of nitrogens with zero attached hydrogens (tertiary/aromatic N) is 1. The van der Waals surface area contributed by atoms with Crippen molar-refractivity contribution >= 4 is 5.69 Å². The lowest BCUT2D eigenvalue weighted by molar-refractivity contribution is 0.129. The molecule has 1 aliphatic heterocycles. The van der Waals surface area contributed by atoms with Crippen LogP contribution in [-0.2, 0) is 6.42 Å². The molecule has 1 aliphatic rings. The molecule has 0 spiro atoms. The van der Waals surface area contributed by atoms with Crippen LogP contribution in [0.25, 0.3) is 0 Å². The molecule has 0 aliphatic carbocycles. The Labute approximate surface area is 111 Å². The van der Waals surface area contributed by atoms with Gasteiger partial charge in [0, 0.05) is 18.3 Å². The van der Waals surface area contributed by atoms with E-state index >= 15 is 0 Å². The van der Waals surface area contributed by atoms with Crippen LogP contribution in [-0.4, -0.2) is 24.5 Å². The minimum absolute atomic E-state index is 0.743. The molecule has 2 N–H and O–H groups in total. The second kappa shape index (κ2) is 6.24. The Hall–Kier alpha value is -1.02. The van der Waals surface area contributed by atoms with Gasteiger partial charge in [0.1, 0.15) is 0 Å². The maximum Gasteiger partial charge on any atom is 0.0346 e. The second-order valence-electron chi connectivity index (χ2n) is 5.68. The topological polar surface area (TPSA) is 29.3 Å². The predicted molar refractivity (Wildman–Crippen MR) is 78.6 cm³/mol. The fourth-order valence-electron chi connectivity index (χ4n) is 3.08. The number of nitrogen functional groups attached to an aromatic ring is 1. The number of aryl methyl sites for hydroxylation is 1. The molecule has 0 saturated carbocycles. The Morgan fingerprint density at radius 1 is 1.28 bits per heavy atom. The van der Waals surface area contributed by atoms with E-state index in [2.05, 4.69) is 31.0 Å². The smallest absolute Gasteiger partial charge is 0.0346 e. The van der Waals surface area contributed by atoms with E-state index in [0.717, 1.165) is 24.1 Å². The summed E-state index contributed by atoms with van der Waals surface area (Å²) in [6.07, 6.45) is 6.42. The first kappa shape index (κ1) is 13.4. The van der Waals surface area contributed by atoms with Gasteiger partial charge < -0.3 is 10.6 Å². The molecule has 18 heavy (non-hydrogen) atoms. The molecule has 1 fully saturated rings. The molecule has 0 bridgehead atoms. The average Bonchev–Trinajstić information content (AvgIpc) is 2.39. The minimum Gasteiger partial charge on any atom is -0.399 e. The van der Waals surface area contributed by atoms with Crippen molar-refractivity contribution in [2.24, 2.45) is 5.92 Å². The summed E-state index contributed by atoms with van der Waals surface area (Å²) in [4.78, 5) is 2.55. The first-order valence-corrected chi connectivity index (χ1v) is 7.24. The molecule has 2 nitrogen and oxygen atoms in total. The Balaban J connectivity index is 1.86. The summed E-state index contributed by atoms with van der Waals surface area (Å²) < 4.78 is 0. The van der Waals surface area contributed by atoms with E-state index < -0.39 is 0 Å². The molecule has 1 heterocycles. The third-order valence-electron chi connectivity index (χ3n) is 4.46. The summed E-state index contributed by atoms with van der Waals surface area (Å²) in [6.45, 7) is 3.58. The van der Waals surface area contributed by atoms with Crippen LogP contribution in [0.4, 0.5) is 5.69 Å². The Bertz CT molecular complexity index is 375. The van der Waals surface area contributed by atoms with Crippen LogP contribution in [0, 0.1) is 5.92 Å². The van der Waals surface area contributed by atoms with E-state index in [1.165, 1.54) is 37.8 Å². The number of anilines is 1. The largest absolute Gasteiger partial charge is 0.399 e. The van der Waals surface area contributed by atoms with Crippen LogP contribution in [0.1, 0.15) is 38.2 Å². The third-order valence-corrected chi connectivity index (χ3v) is 4.46. The highest BCUT2D eigenvalue weighted by molar-refractivity contribution is 5.46. The number of likely N-dealkylation sites (tertiary alicyclic amines) is 1. The Kier molecular flexibility index (Phi) is 4.65. The fraction of sp³-hybridized carbons (Fsp3) is 0.625. The number of hydrogen-bond donors (Lipinski definition) is 1. The van der Waals surface area contributed by atoms with Gasteiger partial charge in [-0.15, -0.1) is 0 Å². The van der Waals surface area contributed by atoms with Gasteiger partial charge in [0.2, 0.25) is 0 Å². The van der Waals surface area contributed by atoms with Gasteiger partial charge in [0.05, 0.1) is 0 Å². The van der Waals surface area contributed by atoms with Crippen LogP contribution >= 0.6 is 0 Å².